The summed E-state index contributed by atoms with van der Waals surface area (Å²) in [5.74, 6) is 0.476. The van der Waals surface area contributed by atoms with E-state index >= 15 is 0 Å². The van der Waals surface area contributed by atoms with Crippen LogP contribution >= 0.6 is 23.1 Å². The fourth-order valence-corrected chi connectivity index (χ4v) is 6.05. The Hall–Kier alpha value is -2.90. The Balaban J connectivity index is 1.36. The van der Waals surface area contributed by atoms with Crippen molar-refractivity contribution in [1.29, 1.82) is 0 Å². The fraction of sp³-hybridized carbons (Fsp3) is 0.208. The molecule has 0 spiro atoms. The Kier molecular flexibility index (Phi) is 5.86. The lowest BCUT2D eigenvalue weighted by Crippen LogP contribution is -2.20. The van der Waals surface area contributed by atoms with E-state index in [0.29, 0.717) is 5.75 Å². The molecule has 0 fully saturated rings. The number of ether oxygens (including phenoxy) is 1. The number of nitrogens with zero attached hydrogens (tertiary/aromatic N) is 2. The van der Waals surface area contributed by atoms with Crippen LogP contribution in [0.25, 0.3) is 10.2 Å². The van der Waals surface area contributed by atoms with Crippen LogP contribution in [0.4, 0.5) is 5.69 Å². The molecule has 0 saturated carbocycles. The van der Waals surface area contributed by atoms with Gasteiger partial charge in [-0.25, -0.2) is 9.97 Å². The average Bonchev–Trinajstić information content (AvgIpc) is 3.19. The van der Waals surface area contributed by atoms with E-state index in [1.807, 2.05) is 54.6 Å². The summed E-state index contributed by atoms with van der Waals surface area (Å²) < 4.78 is 5.57. The molecule has 156 valence electrons. The van der Waals surface area contributed by atoms with Gasteiger partial charge in [0, 0.05) is 15.2 Å². The molecular weight excluding hydrogens is 426 g/mol. The van der Waals surface area contributed by atoms with Gasteiger partial charge in [-0.05, 0) is 55.5 Å². The molecule has 0 unspecified atom stereocenters. The van der Waals surface area contributed by atoms with Gasteiger partial charge in [-0.15, -0.1) is 11.3 Å². The first kappa shape index (κ1) is 20.0. The normalized spacial score (nSPS) is 13.0. The first-order valence-corrected chi connectivity index (χ1v) is 11.9. The number of hydrogen-bond acceptors (Lipinski definition) is 6. The molecule has 4 aromatic rings. The summed E-state index contributed by atoms with van der Waals surface area (Å²) in [5, 5.41) is 5.11. The molecule has 2 aromatic carbocycles. The van der Waals surface area contributed by atoms with Gasteiger partial charge >= 0.3 is 0 Å². The number of thiophene rings is 1. The van der Waals surface area contributed by atoms with Crippen molar-refractivity contribution in [2.45, 2.75) is 35.6 Å². The van der Waals surface area contributed by atoms with Crippen LogP contribution < -0.4 is 10.1 Å². The van der Waals surface area contributed by atoms with E-state index in [0.717, 1.165) is 33.3 Å². The molecule has 0 atom stereocenters. The number of carbonyl (C=O) groups is 1. The van der Waals surface area contributed by atoms with E-state index in [2.05, 4.69) is 15.3 Å². The predicted molar refractivity (Wildman–Crippen MR) is 125 cm³/mol. The van der Waals surface area contributed by atoms with E-state index in [4.69, 9.17) is 4.74 Å². The molecule has 31 heavy (non-hydrogen) atoms. The molecule has 2 aromatic heterocycles. The summed E-state index contributed by atoms with van der Waals surface area (Å²) in [5.41, 5.74) is 2.16. The first-order chi connectivity index (χ1) is 15.3. The molecule has 2 heterocycles. The molecular formula is C24H21N3O2S2. The molecule has 1 aliphatic rings. The van der Waals surface area contributed by atoms with Crippen LogP contribution in [-0.2, 0) is 17.6 Å². The van der Waals surface area contributed by atoms with Crippen molar-refractivity contribution in [3.63, 3.8) is 0 Å². The number of amides is 1. The van der Waals surface area contributed by atoms with E-state index in [1.54, 1.807) is 29.4 Å². The second-order valence-corrected chi connectivity index (χ2v) is 9.43. The van der Waals surface area contributed by atoms with Crippen molar-refractivity contribution in [3.05, 3.63) is 71.4 Å². The molecule has 1 aliphatic carbocycles. The first-order valence-electron chi connectivity index (χ1n) is 10.3. The Bertz CT molecular complexity index is 1220. The van der Waals surface area contributed by atoms with Crippen molar-refractivity contribution >= 4 is 44.9 Å². The zero-order chi connectivity index (χ0) is 21.0. The van der Waals surface area contributed by atoms with E-state index in [9.17, 15) is 4.79 Å². The smallest absolute Gasteiger partial charge is 0.262 e. The van der Waals surface area contributed by atoms with Crippen LogP contribution in [0, 0.1) is 0 Å². The maximum absolute atomic E-state index is 12.5. The summed E-state index contributed by atoms with van der Waals surface area (Å²) >= 11 is 3.37. The topological polar surface area (TPSA) is 64.1 Å². The van der Waals surface area contributed by atoms with Crippen molar-refractivity contribution in [1.82, 2.24) is 9.97 Å². The average molecular weight is 448 g/mol. The minimum Gasteiger partial charge on any atom is -0.484 e. The molecule has 1 amide bonds. The highest BCUT2D eigenvalue weighted by atomic mass is 32.2. The lowest BCUT2D eigenvalue weighted by Gasteiger charge is -2.13. The zero-order valence-electron chi connectivity index (χ0n) is 16.8. The lowest BCUT2D eigenvalue weighted by atomic mass is 9.97. The van der Waals surface area contributed by atoms with Crippen LogP contribution in [-0.4, -0.2) is 22.5 Å². The van der Waals surface area contributed by atoms with Gasteiger partial charge in [0.2, 0.25) is 0 Å². The minimum atomic E-state index is -0.197. The van der Waals surface area contributed by atoms with Crippen LogP contribution in [0.3, 0.4) is 0 Å². The molecule has 5 nitrogen and oxygen atoms in total. The van der Waals surface area contributed by atoms with Gasteiger partial charge in [-0.1, -0.05) is 42.1 Å². The van der Waals surface area contributed by atoms with Crippen LogP contribution in [0.15, 0.2) is 70.8 Å². The maximum atomic E-state index is 12.5. The maximum Gasteiger partial charge on any atom is 0.262 e. The van der Waals surface area contributed by atoms with Crippen LogP contribution in [0.2, 0.25) is 0 Å². The van der Waals surface area contributed by atoms with E-state index in [-0.39, 0.29) is 12.5 Å². The number of para-hydroxylation sites is 2. The van der Waals surface area contributed by atoms with Crippen LogP contribution in [0.5, 0.6) is 5.75 Å². The monoisotopic (exact) mass is 447 g/mol. The van der Waals surface area contributed by atoms with Crippen molar-refractivity contribution in [2.24, 2.45) is 0 Å². The summed E-state index contributed by atoms with van der Waals surface area (Å²) in [6.45, 7) is -0.0429. The SMILES string of the molecule is O=C(COc1ccccc1)Nc1ccccc1Sc1ncnc2sc3c(c12)CCCC3. The highest BCUT2D eigenvalue weighted by Gasteiger charge is 2.21. The van der Waals surface area contributed by atoms with Gasteiger partial charge in [-0.3, -0.25) is 4.79 Å². The van der Waals surface area contributed by atoms with Crippen molar-refractivity contribution in [3.8, 4) is 5.75 Å². The van der Waals surface area contributed by atoms with Crippen molar-refractivity contribution in [2.75, 3.05) is 11.9 Å². The quantitative estimate of drug-likeness (QED) is 0.382. The van der Waals surface area contributed by atoms with Gasteiger partial charge in [0.15, 0.2) is 6.61 Å². The molecule has 7 heteroatoms. The molecule has 0 bridgehead atoms. The summed E-state index contributed by atoms with van der Waals surface area (Å²) in [6, 6.07) is 17.1. The third-order valence-corrected chi connectivity index (χ3v) is 7.48. The Morgan fingerprint density at radius 1 is 1.03 bits per heavy atom. The molecule has 0 radical (unpaired) electrons. The van der Waals surface area contributed by atoms with Gasteiger partial charge in [0.25, 0.3) is 5.91 Å². The molecule has 5 rings (SSSR count). The third-order valence-electron chi connectivity index (χ3n) is 5.20. The van der Waals surface area contributed by atoms with Gasteiger partial charge in [0.1, 0.15) is 21.9 Å². The van der Waals surface area contributed by atoms with Crippen LogP contribution in [0.1, 0.15) is 23.3 Å². The van der Waals surface area contributed by atoms with E-state index < -0.39 is 0 Å². The Morgan fingerprint density at radius 3 is 2.74 bits per heavy atom. The molecule has 1 N–H and O–H groups in total. The Labute approximate surface area is 188 Å². The minimum absolute atomic E-state index is 0.0429. The highest BCUT2D eigenvalue weighted by Crippen LogP contribution is 2.42. The zero-order valence-corrected chi connectivity index (χ0v) is 18.5. The summed E-state index contributed by atoms with van der Waals surface area (Å²) in [4.78, 5) is 25.1. The number of carbonyl (C=O) groups excluding carboxylic acids is 1. The standard InChI is InChI=1S/C24H21N3O2S2/c28-21(14-29-16-8-2-1-3-9-16)27-18-11-5-7-13-20(18)31-24-22-17-10-4-6-12-19(17)30-23(22)25-15-26-24/h1-3,5,7-9,11,13,15H,4,6,10,12,14H2,(H,27,28). The number of rotatable bonds is 6. The summed E-state index contributed by atoms with van der Waals surface area (Å²) in [7, 11) is 0. The van der Waals surface area contributed by atoms with Gasteiger partial charge in [-0.2, -0.15) is 0 Å². The van der Waals surface area contributed by atoms with E-state index in [1.165, 1.54) is 28.7 Å². The fourth-order valence-electron chi connectivity index (χ4n) is 3.75. The number of nitrogens with one attached hydrogen (secondary N) is 1. The lowest BCUT2D eigenvalue weighted by molar-refractivity contribution is -0.118. The number of benzene rings is 2. The van der Waals surface area contributed by atoms with Crippen molar-refractivity contribution < 1.29 is 9.53 Å². The number of anilines is 1. The second kappa shape index (κ2) is 9.08. The number of hydrogen-bond donors (Lipinski definition) is 1. The molecule has 0 aliphatic heterocycles. The van der Waals surface area contributed by atoms with Gasteiger partial charge in [0.05, 0.1) is 5.69 Å². The summed E-state index contributed by atoms with van der Waals surface area (Å²) in [6.07, 6.45) is 6.32. The number of aromatic nitrogens is 2. The predicted octanol–water partition coefficient (Wildman–Crippen LogP) is 5.74. The molecule has 0 saturated heterocycles. The Morgan fingerprint density at radius 2 is 1.84 bits per heavy atom. The van der Waals surface area contributed by atoms with Gasteiger partial charge < -0.3 is 10.1 Å². The number of fused-ring (bicyclic) bond motifs is 3. The highest BCUT2D eigenvalue weighted by molar-refractivity contribution is 7.99. The second-order valence-electron chi connectivity index (χ2n) is 7.32. The largest absolute Gasteiger partial charge is 0.484 e. The number of aryl methyl sites for hydroxylation is 2. The third kappa shape index (κ3) is 4.43.